The van der Waals surface area contributed by atoms with E-state index in [9.17, 15) is 19.2 Å². The van der Waals surface area contributed by atoms with Crippen LogP contribution < -0.4 is 5.32 Å². The van der Waals surface area contributed by atoms with E-state index >= 15 is 0 Å². The van der Waals surface area contributed by atoms with Crippen LogP contribution in [0.4, 0.5) is 0 Å². The fourth-order valence-corrected chi connectivity index (χ4v) is 4.84. The third-order valence-corrected chi connectivity index (χ3v) is 6.99. The van der Waals surface area contributed by atoms with E-state index in [1.165, 1.54) is 4.90 Å². The first kappa shape index (κ1) is 24.6. The lowest BCUT2D eigenvalue weighted by molar-refractivity contribution is -0.141. The summed E-state index contributed by atoms with van der Waals surface area (Å²) in [6.07, 6.45) is 4.66. The van der Waals surface area contributed by atoms with E-state index in [0.29, 0.717) is 24.1 Å². The van der Waals surface area contributed by atoms with Crippen molar-refractivity contribution in [2.45, 2.75) is 71.0 Å². The Morgan fingerprint density at radius 3 is 2.20 bits per heavy atom. The second kappa shape index (κ2) is 10.8. The van der Waals surface area contributed by atoms with E-state index in [1.54, 1.807) is 36.1 Å². The van der Waals surface area contributed by atoms with Crippen LogP contribution in [0, 0.1) is 6.92 Å². The molecule has 1 N–H and O–H groups in total. The van der Waals surface area contributed by atoms with E-state index < -0.39 is 6.04 Å². The predicted octanol–water partition coefficient (Wildman–Crippen LogP) is 3.85. The molecule has 2 aromatic carbocycles. The van der Waals surface area contributed by atoms with Crippen molar-refractivity contribution in [2.75, 3.05) is 6.54 Å². The number of amides is 4. The molecule has 7 heteroatoms. The summed E-state index contributed by atoms with van der Waals surface area (Å²) in [6, 6.07) is 14.2. The summed E-state index contributed by atoms with van der Waals surface area (Å²) in [6.45, 7) is 4.26. The van der Waals surface area contributed by atoms with E-state index in [1.807, 2.05) is 31.2 Å². The van der Waals surface area contributed by atoms with Gasteiger partial charge in [-0.25, -0.2) is 0 Å². The van der Waals surface area contributed by atoms with Gasteiger partial charge in [-0.1, -0.05) is 54.8 Å². The fraction of sp³-hybridized carbons (Fsp3) is 0.429. The maximum Gasteiger partial charge on any atom is 0.261 e. The molecule has 0 radical (unpaired) electrons. The molecule has 1 heterocycles. The first-order valence-corrected chi connectivity index (χ1v) is 12.5. The summed E-state index contributed by atoms with van der Waals surface area (Å²) in [5.74, 6) is -0.952. The highest BCUT2D eigenvalue weighted by Gasteiger charge is 2.35. The molecule has 4 amide bonds. The lowest BCUT2D eigenvalue weighted by Crippen LogP contribution is -2.49. The number of nitrogens with one attached hydrogen (secondary N) is 1. The highest BCUT2D eigenvalue weighted by molar-refractivity contribution is 6.21. The van der Waals surface area contributed by atoms with Gasteiger partial charge < -0.3 is 10.2 Å². The average molecular weight is 476 g/mol. The molecule has 0 spiro atoms. The number of rotatable bonds is 9. The summed E-state index contributed by atoms with van der Waals surface area (Å²) in [5.41, 5.74) is 2.88. The topological polar surface area (TPSA) is 86.8 Å². The molecule has 184 valence electrons. The molecule has 1 aliphatic carbocycles. The van der Waals surface area contributed by atoms with Crippen LogP contribution >= 0.6 is 0 Å². The zero-order valence-electron chi connectivity index (χ0n) is 20.5. The smallest absolute Gasteiger partial charge is 0.261 e. The number of hydrogen-bond acceptors (Lipinski definition) is 4. The molecule has 1 fully saturated rings. The number of aryl methyl sites for hydroxylation is 1. The summed E-state index contributed by atoms with van der Waals surface area (Å²) >= 11 is 0. The minimum absolute atomic E-state index is 0.139. The number of benzene rings is 2. The zero-order valence-corrected chi connectivity index (χ0v) is 20.5. The van der Waals surface area contributed by atoms with Crippen molar-refractivity contribution in [2.24, 2.45) is 0 Å². The van der Waals surface area contributed by atoms with E-state index in [2.05, 4.69) is 5.32 Å². The SMILES string of the molecule is Cc1ccc(CN(C(=O)CCCN2C(=O)c3ccccc3C2=O)[C@@H](C)C(=O)NC2CCCC2)cc1. The fourth-order valence-electron chi connectivity index (χ4n) is 4.84. The summed E-state index contributed by atoms with van der Waals surface area (Å²) < 4.78 is 0. The number of nitrogens with zero attached hydrogens (tertiary/aromatic N) is 2. The molecule has 2 aromatic rings. The van der Waals surface area contributed by atoms with Gasteiger partial charge in [0.25, 0.3) is 11.8 Å². The van der Waals surface area contributed by atoms with Crippen LogP contribution in [0.25, 0.3) is 0 Å². The average Bonchev–Trinajstić information content (AvgIpc) is 3.45. The molecule has 1 saturated carbocycles. The molecular weight excluding hydrogens is 442 g/mol. The molecule has 4 rings (SSSR count). The Kier molecular flexibility index (Phi) is 7.63. The number of imide groups is 1. The minimum atomic E-state index is -0.622. The lowest BCUT2D eigenvalue weighted by Gasteiger charge is -2.30. The normalized spacial score (nSPS) is 16.3. The molecule has 7 nitrogen and oxygen atoms in total. The Hall–Kier alpha value is -3.48. The van der Waals surface area contributed by atoms with Gasteiger partial charge in [-0.3, -0.25) is 24.1 Å². The Bertz CT molecular complexity index is 1070. The van der Waals surface area contributed by atoms with E-state index in [4.69, 9.17) is 0 Å². The maximum absolute atomic E-state index is 13.3. The number of carbonyl (C=O) groups excluding carboxylic acids is 4. The van der Waals surface area contributed by atoms with Crippen LogP contribution in [0.15, 0.2) is 48.5 Å². The van der Waals surface area contributed by atoms with Crippen LogP contribution in [0.3, 0.4) is 0 Å². The first-order valence-electron chi connectivity index (χ1n) is 12.5. The third-order valence-electron chi connectivity index (χ3n) is 6.99. The highest BCUT2D eigenvalue weighted by Crippen LogP contribution is 2.23. The second-order valence-electron chi connectivity index (χ2n) is 9.58. The van der Waals surface area contributed by atoms with Crippen molar-refractivity contribution in [1.29, 1.82) is 0 Å². The van der Waals surface area contributed by atoms with Crippen molar-refractivity contribution in [3.63, 3.8) is 0 Å². The highest BCUT2D eigenvalue weighted by atomic mass is 16.2. The van der Waals surface area contributed by atoms with Gasteiger partial charge in [-0.2, -0.15) is 0 Å². The van der Waals surface area contributed by atoms with Crippen molar-refractivity contribution in [3.8, 4) is 0 Å². The Labute approximate surface area is 206 Å². The molecule has 1 aliphatic heterocycles. The van der Waals surface area contributed by atoms with Gasteiger partial charge in [-0.05, 0) is 50.8 Å². The third kappa shape index (κ3) is 5.61. The minimum Gasteiger partial charge on any atom is -0.352 e. The van der Waals surface area contributed by atoms with Gasteiger partial charge in [0, 0.05) is 25.6 Å². The zero-order chi connectivity index (χ0) is 24.9. The summed E-state index contributed by atoms with van der Waals surface area (Å²) in [5, 5.41) is 3.10. The second-order valence-corrected chi connectivity index (χ2v) is 9.58. The van der Waals surface area contributed by atoms with Gasteiger partial charge in [0.1, 0.15) is 6.04 Å². The van der Waals surface area contributed by atoms with Gasteiger partial charge in [0.05, 0.1) is 11.1 Å². The van der Waals surface area contributed by atoms with E-state index in [0.717, 1.165) is 36.8 Å². The number of fused-ring (bicyclic) bond motifs is 1. The van der Waals surface area contributed by atoms with E-state index in [-0.39, 0.29) is 42.6 Å². The quantitative estimate of drug-likeness (QED) is 0.558. The molecule has 35 heavy (non-hydrogen) atoms. The molecular formula is C28H33N3O4. The molecule has 0 aromatic heterocycles. The van der Waals surface area contributed by atoms with Crippen molar-refractivity contribution in [3.05, 3.63) is 70.8 Å². The van der Waals surface area contributed by atoms with Crippen molar-refractivity contribution in [1.82, 2.24) is 15.1 Å². The van der Waals surface area contributed by atoms with Crippen molar-refractivity contribution >= 4 is 23.6 Å². The monoisotopic (exact) mass is 475 g/mol. The Morgan fingerprint density at radius 2 is 1.60 bits per heavy atom. The largest absolute Gasteiger partial charge is 0.352 e. The van der Waals surface area contributed by atoms with Crippen LogP contribution in [0.5, 0.6) is 0 Å². The molecule has 2 aliphatic rings. The molecule has 0 bridgehead atoms. The standard InChI is InChI=1S/C28H33N3O4/c1-19-13-15-21(16-14-19)18-31(20(2)26(33)29-22-8-3-4-9-22)25(32)12-7-17-30-27(34)23-10-5-6-11-24(23)28(30)35/h5-6,10-11,13-16,20,22H,3-4,7-9,12,17-18H2,1-2H3,(H,29,33)/t20-/m0/s1. The number of carbonyl (C=O) groups is 4. The summed E-state index contributed by atoms with van der Waals surface area (Å²) in [4.78, 5) is 54.3. The Morgan fingerprint density at radius 1 is 1.00 bits per heavy atom. The maximum atomic E-state index is 13.3. The molecule has 0 unspecified atom stereocenters. The Balaban J connectivity index is 1.40. The van der Waals surface area contributed by atoms with Gasteiger partial charge in [0.2, 0.25) is 11.8 Å². The van der Waals surface area contributed by atoms with Crippen LogP contribution in [-0.4, -0.2) is 52.1 Å². The van der Waals surface area contributed by atoms with Crippen LogP contribution in [0.1, 0.15) is 77.3 Å². The number of hydrogen-bond donors (Lipinski definition) is 1. The summed E-state index contributed by atoms with van der Waals surface area (Å²) in [7, 11) is 0. The van der Waals surface area contributed by atoms with Crippen LogP contribution in [0.2, 0.25) is 0 Å². The van der Waals surface area contributed by atoms with Crippen molar-refractivity contribution < 1.29 is 19.2 Å². The first-order chi connectivity index (χ1) is 16.8. The predicted molar refractivity (Wildman–Crippen MR) is 133 cm³/mol. The van der Waals surface area contributed by atoms with Gasteiger partial charge in [-0.15, -0.1) is 0 Å². The van der Waals surface area contributed by atoms with Gasteiger partial charge in [0.15, 0.2) is 0 Å². The molecule has 1 atom stereocenters. The van der Waals surface area contributed by atoms with Crippen LogP contribution in [-0.2, 0) is 16.1 Å². The van der Waals surface area contributed by atoms with Gasteiger partial charge >= 0.3 is 0 Å². The lowest BCUT2D eigenvalue weighted by atomic mass is 10.1. The molecule has 0 saturated heterocycles.